The maximum absolute atomic E-state index is 6.19. The zero-order chi connectivity index (χ0) is 11.0. The summed E-state index contributed by atoms with van der Waals surface area (Å²) in [5.41, 5.74) is 3.33. The van der Waals surface area contributed by atoms with Gasteiger partial charge in [-0.2, -0.15) is 5.10 Å². The van der Waals surface area contributed by atoms with E-state index in [9.17, 15) is 0 Å². The summed E-state index contributed by atoms with van der Waals surface area (Å²) in [5, 5.41) is 11.4. The maximum atomic E-state index is 6.19. The summed E-state index contributed by atoms with van der Waals surface area (Å²) in [5.74, 6) is 0.973. The summed E-state index contributed by atoms with van der Waals surface area (Å²) in [7, 11) is 0. The van der Waals surface area contributed by atoms with E-state index in [1.807, 2.05) is 24.3 Å². The summed E-state index contributed by atoms with van der Waals surface area (Å²) in [6.07, 6.45) is 2.20. The second-order valence-electron chi connectivity index (χ2n) is 3.94. The van der Waals surface area contributed by atoms with Crippen molar-refractivity contribution in [2.24, 2.45) is 0 Å². The van der Waals surface area contributed by atoms with Gasteiger partial charge in [-0.1, -0.05) is 29.8 Å². The minimum absolute atomic E-state index is 0.763. The molecule has 1 aliphatic rings. The Morgan fingerprint density at radius 3 is 3.00 bits per heavy atom. The zero-order valence-electron chi connectivity index (χ0n) is 8.76. The van der Waals surface area contributed by atoms with Gasteiger partial charge in [0, 0.05) is 22.7 Å². The van der Waals surface area contributed by atoms with E-state index in [2.05, 4.69) is 15.5 Å². The molecule has 82 valence electrons. The number of anilines is 1. The van der Waals surface area contributed by atoms with Crippen molar-refractivity contribution in [2.45, 2.75) is 12.8 Å². The molecule has 1 aromatic heterocycles. The van der Waals surface area contributed by atoms with Crippen LogP contribution >= 0.6 is 11.6 Å². The third kappa shape index (κ3) is 1.48. The van der Waals surface area contributed by atoms with Crippen LogP contribution in [-0.2, 0) is 6.42 Å². The summed E-state index contributed by atoms with van der Waals surface area (Å²) in [6, 6.07) is 7.85. The lowest BCUT2D eigenvalue weighted by atomic mass is 10.0. The van der Waals surface area contributed by atoms with Crippen molar-refractivity contribution >= 4 is 17.4 Å². The molecule has 3 nitrogen and oxygen atoms in total. The Hall–Kier alpha value is -1.48. The third-order valence-corrected chi connectivity index (χ3v) is 3.24. The molecule has 3 rings (SSSR count). The van der Waals surface area contributed by atoms with Crippen molar-refractivity contribution in [2.75, 3.05) is 11.9 Å². The summed E-state index contributed by atoms with van der Waals surface area (Å²) >= 11 is 6.19. The number of aromatic amines is 1. The Bertz CT molecular complexity index is 519. The monoisotopic (exact) mass is 233 g/mol. The molecule has 0 radical (unpaired) electrons. The highest BCUT2D eigenvalue weighted by molar-refractivity contribution is 6.33. The molecule has 2 heterocycles. The number of nitrogens with one attached hydrogen (secondary N) is 2. The normalized spacial score (nSPS) is 14.3. The van der Waals surface area contributed by atoms with Gasteiger partial charge in [0.15, 0.2) is 5.82 Å². The van der Waals surface area contributed by atoms with Crippen LogP contribution in [0, 0.1) is 0 Å². The van der Waals surface area contributed by atoms with E-state index >= 15 is 0 Å². The number of halogens is 1. The lowest BCUT2D eigenvalue weighted by Crippen LogP contribution is -2.10. The molecule has 16 heavy (non-hydrogen) atoms. The topological polar surface area (TPSA) is 40.7 Å². The van der Waals surface area contributed by atoms with Crippen molar-refractivity contribution in [3.63, 3.8) is 0 Å². The Kier molecular flexibility index (Phi) is 2.33. The molecule has 0 bridgehead atoms. The number of H-pyrrole nitrogens is 1. The Morgan fingerprint density at radius 1 is 1.25 bits per heavy atom. The van der Waals surface area contributed by atoms with Gasteiger partial charge in [0.1, 0.15) is 0 Å². The second kappa shape index (κ2) is 3.83. The molecular formula is C12H12ClN3. The summed E-state index contributed by atoms with van der Waals surface area (Å²) in [4.78, 5) is 0. The molecule has 2 N–H and O–H groups in total. The van der Waals surface area contributed by atoms with E-state index in [4.69, 9.17) is 11.6 Å². The number of rotatable bonds is 1. The maximum Gasteiger partial charge on any atom is 0.151 e. The highest BCUT2D eigenvalue weighted by atomic mass is 35.5. The smallest absolute Gasteiger partial charge is 0.151 e. The van der Waals surface area contributed by atoms with Gasteiger partial charge < -0.3 is 5.32 Å². The van der Waals surface area contributed by atoms with Gasteiger partial charge in [0.05, 0.1) is 5.69 Å². The molecule has 4 heteroatoms. The average molecular weight is 234 g/mol. The van der Waals surface area contributed by atoms with Crippen molar-refractivity contribution < 1.29 is 0 Å². The third-order valence-electron chi connectivity index (χ3n) is 2.91. The first kappa shape index (κ1) is 9.73. The van der Waals surface area contributed by atoms with Crippen LogP contribution < -0.4 is 5.32 Å². The highest BCUT2D eigenvalue weighted by Crippen LogP contribution is 2.33. The molecule has 0 aliphatic carbocycles. The summed E-state index contributed by atoms with van der Waals surface area (Å²) in [6.45, 7) is 1.000. The number of nitrogens with zero attached hydrogens (tertiary/aromatic N) is 1. The molecule has 0 saturated heterocycles. The lowest BCUT2D eigenvalue weighted by Gasteiger charge is -2.13. The van der Waals surface area contributed by atoms with Gasteiger partial charge in [-0.05, 0) is 18.9 Å². The van der Waals surface area contributed by atoms with Crippen LogP contribution in [0.25, 0.3) is 11.3 Å². The number of hydrogen-bond donors (Lipinski definition) is 2. The molecule has 0 fully saturated rings. The van der Waals surface area contributed by atoms with Crippen LogP contribution in [0.2, 0.25) is 5.02 Å². The van der Waals surface area contributed by atoms with Crippen LogP contribution in [0.1, 0.15) is 12.0 Å². The predicted octanol–water partition coefficient (Wildman–Crippen LogP) is 3.09. The van der Waals surface area contributed by atoms with E-state index in [-0.39, 0.29) is 0 Å². The Balaban J connectivity index is 2.13. The first-order valence-electron chi connectivity index (χ1n) is 5.42. The van der Waals surface area contributed by atoms with Crippen LogP contribution in [0.4, 0.5) is 5.82 Å². The molecule has 0 spiro atoms. The number of fused-ring (bicyclic) bond motifs is 1. The van der Waals surface area contributed by atoms with E-state index in [1.54, 1.807) is 0 Å². The number of aromatic nitrogens is 2. The van der Waals surface area contributed by atoms with Crippen LogP contribution in [-0.4, -0.2) is 16.7 Å². The average Bonchev–Trinajstić information content (AvgIpc) is 2.74. The van der Waals surface area contributed by atoms with E-state index < -0.39 is 0 Å². The Morgan fingerprint density at radius 2 is 2.12 bits per heavy atom. The fraction of sp³-hybridized carbons (Fsp3) is 0.250. The first-order valence-corrected chi connectivity index (χ1v) is 5.80. The molecule has 0 amide bonds. The van der Waals surface area contributed by atoms with Gasteiger partial charge >= 0.3 is 0 Å². The van der Waals surface area contributed by atoms with Crippen molar-refractivity contribution in [1.82, 2.24) is 10.2 Å². The quantitative estimate of drug-likeness (QED) is 0.795. The largest absolute Gasteiger partial charge is 0.368 e. The van der Waals surface area contributed by atoms with Gasteiger partial charge in [-0.3, -0.25) is 5.10 Å². The standard InChI is InChI=1S/C12H12ClN3/c13-10-6-2-1-4-8(10)11-9-5-3-7-14-12(9)16-15-11/h1-2,4,6H,3,5,7H2,(H2,14,15,16). The number of benzene rings is 1. The molecule has 0 unspecified atom stereocenters. The van der Waals surface area contributed by atoms with Gasteiger partial charge in [-0.15, -0.1) is 0 Å². The minimum Gasteiger partial charge on any atom is -0.368 e. The molecule has 2 aromatic rings. The number of hydrogen-bond acceptors (Lipinski definition) is 2. The van der Waals surface area contributed by atoms with Crippen molar-refractivity contribution in [1.29, 1.82) is 0 Å². The fourth-order valence-corrected chi connectivity index (χ4v) is 2.34. The van der Waals surface area contributed by atoms with Crippen molar-refractivity contribution in [3.8, 4) is 11.3 Å². The fourth-order valence-electron chi connectivity index (χ4n) is 2.11. The van der Waals surface area contributed by atoms with Gasteiger partial charge in [0.2, 0.25) is 0 Å². The SMILES string of the molecule is Clc1ccccc1-c1[nH]nc2c1CCCN2. The predicted molar refractivity (Wildman–Crippen MR) is 65.8 cm³/mol. The molecule has 0 atom stereocenters. The van der Waals surface area contributed by atoms with Crippen LogP contribution in [0.5, 0.6) is 0 Å². The minimum atomic E-state index is 0.763. The molecule has 0 saturated carbocycles. The van der Waals surface area contributed by atoms with E-state index in [0.29, 0.717) is 0 Å². The second-order valence-corrected chi connectivity index (χ2v) is 4.34. The van der Waals surface area contributed by atoms with E-state index in [1.165, 1.54) is 5.56 Å². The van der Waals surface area contributed by atoms with Gasteiger partial charge in [-0.25, -0.2) is 0 Å². The lowest BCUT2D eigenvalue weighted by molar-refractivity contribution is 0.828. The van der Waals surface area contributed by atoms with Crippen LogP contribution in [0.15, 0.2) is 24.3 Å². The highest BCUT2D eigenvalue weighted by Gasteiger charge is 2.18. The molecular weight excluding hydrogens is 222 g/mol. The first-order chi connectivity index (χ1) is 7.86. The van der Waals surface area contributed by atoms with Crippen molar-refractivity contribution in [3.05, 3.63) is 34.9 Å². The Labute approximate surface area is 98.8 Å². The molecule has 1 aromatic carbocycles. The molecule has 1 aliphatic heterocycles. The zero-order valence-corrected chi connectivity index (χ0v) is 9.51. The van der Waals surface area contributed by atoms with Crippen LogP contribution in [0.3, 0.4) is 0 Å². The van der Waals surface area contributed by atoms with Gasteiger partial charge in [0.25, 0.3) is 0 Å². The van der Waals surface area contributed by atoms with E-state index in [0.717, 1.165) is 41.5 Å². The summed E-state index contributed by atoms with van der Waals surface area (Å²) < 4.78 is 0.